The predicted molar refractivity (Wildman–Crippen MR) is 94.4 cm³/mol. The highest BCUT2D eigenvalue weighted by atomic mass is 16.8. The van der Waals surface area contributed by atoms with Crippen molar-refractivity contribution in [2.75, 3.05) is 12.1 Å². The van der Waals surface area contributed by atoms with Crippen molar-refractivity contribution in [1.29, 1.82) is 0 Å². The van der Waals surface area contributed by atoms with Crippen LogP contribution in [0.1, 0.15) is 22.1 Å². The summed E-state index contributed by atoms with van der Waals surface area (Å²) >= 11 is 0. The molecule has 2 aromatic rings. The second kappa shape index (κ2) is 7.53. The zero-order valence-corrected chi connectivity index (χ0v) is 15.2. The van der Waals surface area contributed by atoms with Crippen LogP contribution in [0.25, 0.3) is 0 Å². The first-order chi connectivity index (χ1) is 14.0. The zero-order chi connectivity index (χ0) is 20.5. The summed E-state index contributed by atoms with van der Waals surface area (Å²) in [5, 5.41) is 8.85. The van der Waals surface area contributed by atoms with E-state index < -0.39 is 42.4 Å². The van der Waals surface area contributed by atoms with E-state index in [1.54, 1.807) is 29.7 Å². The Kier molecular flexibility index (Phi) is 4.91. The van der Waals surface area contributed by atoms with Gasteiger partial charge in [-0.25, -0.2) is 14.4 Å². The van der Waals surface area contributed by atoms with Crippen LogP contribution in [-0.4, -0.2) is 51.8 Å². The molecule has 0 unspecified atom stereocenters. The number of rotatable bonds is 5. The molecule has 0 aliphatic carbocycles. The third-order valence-electron chi connectivity index (χ3n) is 4.63. The van der Waals surface area contributed by atoms with E-state index in [1.165, 1.54) is 12.3 Å². The average molecular weight is 403 g/mol. The van der Waals surface area contributed by atoms with Crippen LogP contribution in [0.2, 0.25) is 0 Å². The fourth-order valence-corrected chi connectivity index (χ4v) is 3.18. The number of aryl methyl sites for hydroxylation is 1. The number of carbonyl (C=O) groups excluding carboxylic acids is 2. The Morgan fingerprint density at radius 1 is 1.21 bits per heavy atom. The molecule has 1 aromatic heterocycles. The van der Waals surface area contributed by atoms with Crippen LogP contribution in [0, 0.1) is 6.92 Å². The number of esters is 1. The number of hydrogen-bond acceptors (Lipinski definition) is 10. The van der Waals surface area contributed by atoms with E-state index in [1.807, 2.05) is 6.92 Å². The molecule has 11 heteroatoms. The number of carbonyl (C=O) groups is 2. The molecule has 4 atom stereocenters. The molecular formula is C18H17N3O8. The van der Waals surface area contributed by atoms with Gasteiger partial charge in [0.15, 0.2) is 24.3 Å². The van der Waals surface area contributed by atoms with Crippen molar-refractivity contribution in [3.8, 4) is 0 Å². The molecule has 0 radical (unpaired) electrons. The molecule has 2 fully saturated rings. The molecule has 0 spiro atoms. The molecule has 29 heavy (non-hydrogen) atoms. The van der Waals surface area contributed by atoms with Crippen molar-refractivity contribution in [2.45, 2.75) is 31.5 Å². The fraction of sp³-hybridized carbons (Fsp3) is 0.333. The van der Waals surface area contributed by atoms with Crippen LogP contribution in [0.5, 0.6) is 0 Å². The monoisotopic (exact) mass is 403 g/mol. The smallest absolute Gasteiger partial charge is 0.459 e. The minimum atomic E-state index is -1.03. The maximum Gasteiger partial charge on any atom is 0.509 e. The second-order valence-corrected chi connectivity index (χ2v) is 6.56. The minimum Gasteiger partial charge on any atom is -0.459 e. The van der Waals surface area contributed by atoms with Gasteiger partial charge >= 0.3 is 17.8 Å². The van der Waals surface area contributed by atoms with Crippen LogP contribution >= 0.6 is 0 Å². The number of nitrogens with one attached hydrogen (secondary N) is 1. The lowest BCUT2D eigenvalue weighted by atomic mass is 10.1. The Balaban J connectivity index is 1.50. The van der Waals surface area contributed by atoms with Gasteiger partial charge in [0, 0.05) is 6.20 Å². The van der Waals surface area contributed by atoms with Crippen LogP contribution in [-0.2, 0) is 18.9 Å². The third kappa shape index (κ3) is 3.65. The summed E-state index contributed by atoms with van der Waals surface area (Å²) < 4.78 is 22.4. The quantitative estimate of drug-likeness (QED) is 0.549. The van der Waals surface area contributed by atoms with E-state index in [0.717, 1.165) is 10.1 Å². The normalized spacial score (nSPS) is 25.1. The van der Waals surface area contributed by atoms with Crippen molar-refractivity contribution < 1.29 is 33.7 Å². The van der Waals surface area contributed by atoms with E-state index in [4.69, 9.17) is 24.2 Å². The molecule has 3 heterocycles. The molecule has 152 valence electrons. The van der Waals surface area contributed by atoms with Gasteiger partial charge in [0.05, 0.1) is 5.56 Å². The van der Waals surface area contributed by atoms with Crippen LogP contribution in [0.4, 0.5) is 10.6 Å². The van der Waals surface area contributed by atoms with Crippen molar-refractivity contribution in [3.05, 3.63) is 58.1 Å². The van der Waals surface area contributed by atoms with Gasteiger partial charge < -0.3 is 18.9 Å². The van der Waals surface area contributed by atoms with Gasteiger partial charge in [-0.1, -0.05) is 17.7 Å². The van der Waals surface area contributed by atoms with Crippen molar-refractivity contribution in [1.82, 2.24) is 9.55 Å². The first kappa shape index (κ1) is 18.9. The summed E-state index contributed by atoms with van der Waals surface area (Å²) in [6.07, 6.45) is -3.23. The van der Waals surface area contributed by atoms with Crippen molar-refractivity contribution >= 4 is 17.9 Å². The van der Waals surface area contributed by atoms with E-state index in [0.29, 0.717) is 5.56 Å². The molecule has 2 aliphatic rings. The van der Waals surface area contributed by atoms with Crippen LogP contribution < -0.4 is 11.2 Å². The lowest BCUT2D eigenvalue weighted by molar-refractivity contribution is -0.0769. The Hall–Kier alpha value is -3.44. The van der Waals surface area contributed by atoms with Gasteiger partial charge in [0.2, 0.25) is 0 Å². The van der Waals surface area contributed by atoms with Gasteiger partial charge in [-0.3, -0.25) is 15.3 Å². The molecule has 4 rings (SSSR count). The van der Waals surface area contributed by atoms with E-state index in [9.17, 15) is 14.4 Å². The summed E-state index contributed by atoms with van der Waals surface area (Å²) in [6, 6.07) is 8.18. The Bertz CT molecular complexity index is 989. The highest BCUT2D eigenvalue weighted by Gasteiger charge is 2.55. The molecule has 11 nitrogen and oxygen atoms in total. The Morgan fingerprint density at radius 2 is 1.93 bits per heavy atom. The molecule has 0 amide bonds. The van der Waals surface area contributed by atoms with Crippen LogP contribution in [0.3, 0.4) is 0 Å². The number of fused-ring (bicyclic) bond motifs is 1. The highest BCUT2D eigenvalue weighted by molar-refractivity contribution is 5.89. The molecule has 2 aliphatic heterocycles. The molecule has 0 saturated carbocycles. The number of hydrogen-bond donors (Lipinski definition) is 2. The summed E-state index contributed by atoms with van der Waals surface area (Å²) in [5.41, 5.74) is 2.40. The SMILES string of the molecule is Cc1ccc(C(=O)OC[C@H]2O[C@@H](n3ccc(NO)nc3=O)[C@@H]3OC(=O)O[C@@H]32)cc1. The summed E-state index contributed by atoms with van der Waals surface area (Å²) in [7, 11) is 0. The minimum absolute atomic E-state index is 0.0518. The lowest BCUT2D eigenvalue weighted by Crippen LogP contribution is -2.34. The average Bonchev–Trinajstić information content (AvgIpc) is 3.24. The summed E-state index contributed by atoms with van der Waals surface area (Å²) in [6.45, 7) is 1.69. The van der Waals surface area contributed by atoms with Crippen molar-refractivity contribution in [3.63, 3.8) is 0 Å². The zero-order valence-electron chi connectivity index (χ0n) is 15.2. The second-order valence-electron chi connectivity index (χ2n) is 6.56. The molecule has 1 aromatic carbocycles. The molecular weight excluding hydrogens is 386 g/mol. The van der Waals surface area contributed by atoms with Crippen LogP contribution in [0.15, 0.2) is 41.3 Å². The molecule has 2 saturated heterocycles. The molecule has 0 bridgehead atoms. The number of ether oxygens (including phenoxy) is 4. The number of aromatic nitrogens is 2. The number of benzene rings is 1. The molecule has 2 N–H and O–H groups in total. The standard InChI is InChI=1S/C18H17N3O8/c1-9-2-4-10(5-3-9)16(22)26-8-11-13-14(29-18(24)28-13)15(27-11)21-7-6-12(20-25)19-17(21)23/h2-7,11,13-15,25H,8H2,1H3,(H,19,20,23)/t11-,13-,14-,15-/m1/s1. The van der Waals surface area contributed by atoms with Crippen molar-refractivity contribution in [2.24, 2.45) is 0 Å². The Labute approximate surface area is 163 Å². The van der Waals surface area contributed by atoms with Gasteiger partial charge in [0.1, 0.15) is 12.7 Å². The van der Waals surface area contributed by atoms with Gasteiger partial charge in [0.25, 0.3) is 0 Å². The Morgan fingerprint density at radius 3 is 2.62 bits per heavy atom. The predicted octanol–water partition coefficient (Wildman–Crippen LogP) is 1.01. The topological polar surface area (TPSA) is 138 Å². The fourth-order valence-electron chi connectivity index (χ4n) is 3.18. The number of nitrogens with zero attached hydrogens (tertiary/aromatic N) is 2. The first-order valence-electron chi connectivity index (χ1n) is 8.72. The lowest BCUT2D eigenvalue weighted by Gasteiger charge is -2.18. The number of anilines is 1. The third-order valence-corrected chi connectivity index (χ3v) is 4.63. The maximum atomic E-state index is 12.2. The summed E-state index contributed by atoms with van der Waals surface area (Å²) in [5.74, 6) is -0.611. The summed E-state index contributed by atoms with van der Waals surface area (Å²) in [4.78, 5) is 39.6. The maximum absolute atomic E-state index is 12.2. The highest BCUT2D eigenvalue weighted by Crippen LogP contribution is 2.37. The van der Waals surface area contributed by atoms with E-state index in [2.05, 4.69) is 4.98 Å². The largest absolute Gasteiger partial charge is 0.509 e. The van der Waals surface area contributed by atoms with E-state index >= 15 is 0 Å². The van der Waals surface area contributed by atoms with Gasteiger partial charge in [-0.15, -0.1) is 0 Å². The van der Waals surface area contributed by atoms with Gasteiger partial charge in [-0.05, 0) is 25.1 Å². The first-order valence-corrected chi connectivity index (χ1v) is 8.72. The van der Waals surface area contributed by atoms with E-state index in [-0.39, 0.29) is 12.4 Å². The van der Waals surface area contributed by atoms with Gasteiger partial charge in [-0.2, -0.15) is 4.98 Å².